The molecule has 1 unspecified atom stereocenters. The molecule has 1 aromatic rings. The molecule has 0 saturated heterocycles. The van der Waals surface area contributed by atoms with Crippen LogP contribution in [0.4, 0.5) is 0 Å². The zero-order valence-corrected chi connectivity index (χ0v) is 8.81. The summed E-state index contributed by atoms with van der Waals surface area (Å²) < 4.78 is 0. The second-order valence-electron chi connectivity index (χ2n) is 3.93. The average Bonchev–Trinajstić information content (AvgIpc) is 2.44. The highest BCUT2D eigenvalue weighted by molar-refractivity contribution is 7.09. The number of rotatable bonds is 3. The highest BCUT2D eigenvalue weighted by atomic mass is 32.1. The Morgan fingerprint density at radius 1 is 1.69 bits per heavy atom. The molecule has 2 N–H and O–H groups in total. The number of hydrogen-bond donors (Lipinski definition) is 1. The lowest BCUT2D eigenvalue weighted by Gasteiger charge is -2.27. The molecule has 0 aromatic carbocycles. The van der Waals surface area contributed by atoms with Crippen molar-refractivity contribution >= 4 is 11.3 Å². The van der Waals surface area contributed by atoms with Crippen molar-refractivity contribution < 1.29 is 0 Å². The van der Waals surface area contributed by atoms with Crippen LogP contribution in [0.15, 0.2) is 5.38 Å². The fourth-order valence-electron chi connectivity index (χ4n) is 1.76. The molecule has 1 heterocycles. The van der Waals surface area contributed by atoms with Crippen LogP contribution in [0.3, 0.4) is 0 Å². The molecular weight excluding hydrogens is 180 g/mol. The minimum atomic E-state index is 0.176. The Hall–Kier alpha value is -0.410. The van der Waals surface area contributed by atoms with Crippen molar-refractivity contribution in [3.63, 3.8) is 0 Å². The quantitative estimate of drug-likeness (QED) is 0.807. The summed E-state index contributed by atoms with van der Waals surface area (Å²) in [7, 11) is 0. The molecule has 1 aliphatic carbocycles. The molecule has 1 saturated carbocycles. The van der Waals surface area contributed by atoms with Crippen molar-refractivity contribution in [2.24, 2.45) is 11.7 Å². The van der Waals surface area contributed by atoms with Gasteiger partial charge in [0.05, 0.1) is 10.7 Å². The van der Waals surface area contributed by atoms with Crippen molar-refractivity contribution in [3.05, 3.63) is 16.1 Å². The molecular formula is C10H16N2S. The maximum atomic E-state index is 6.06. The zero-order valence-electron chi connectivity index (χ0n) is 7.99. The van der Waals surface area contributed by atoms with E-state index in [1.54, 1.807) is 11.3 Å². The van der Waals surface area contributed by atoms with E-state index in [9.17, 15) is 0 Å². The SMILES string of the molecule is Cc1nc(C(N)CC2CCC2)cs1. The van der Waals surface area contributed by atoms with Gasteiger partial charge in [-0.1, -0.05) is 19.3 Å². The summed E-state index contributed by atoms with van der Waals surface area (Å²) in [6.07, 6.45) is 5.27. The number of nitrogens with two attached hydrogens (primary N) is 1. The van der Waals surface area contributed by atoms with Gasteiger partial charge in [-0.15, -0.1) is 11.3 Å². The summed E-state index contributed by atoms with van der Waals surface area (Å²) in [6.45, 7) is 2.03. The van der Waals surface area contributed by atoms with E-state index in [0.29, 0.717) is 0 Å². The molecule has 1 fully saturated rings. The van der Waals surface area contributed by atoms with Gasteiger partial charge in [0.2, 0.25) is 0 Å². The van der Waals surface area contributed by atoms with Crippen LogP contribution >= 0.6 is 11.3 Å². The average molecular weight is 196 g/mol. The van der Waals surface area contributed by atoms with E-state index < -0.39 is 0 Å². The number of aromatic nitrogens is 1. The minimum absolute atomic E-state index is 0.176. The van der Waals surface area contributed by atoms with Crippen molar-refractivity contribution in [2.45, 2.75) is 38.6 Å². The summed E-state index contributed by atoms with van der Waals surface area (Å²) in [4.78, 5) is 4.42. The Morgan fingerprint density at radius 2 is 2.46 bits per heavy atom. The summed E-state index contributed by atoms with van der Waals surface area (Å²) in [5.41, 5.74) is 7.15. The highest BCUT2D eigenvalue weighted by Gasteiger charge is 2.21. The lowest BCUT2D eigenvalue weighted by Crippen LogP contribution is -2.20. The molecule has 2 nitrogen and oxygen atoms in total. The first kappa shape index (κ1) is 9.16. The van der Waals surface area contributed by atoms with Gasteiger partial charge in [0.15, 0.2) is 0 Å². The van der Waals surface area contributed by atoms with Crippen LogP contribution in [-0.4, -0.2) is 4.98 Å². The molecule has 0 amide bonds. The molecule has 3 heteroatoms. The first-order valence-corrected chi connectivity index (χ1v) is 5.81. The topological polar surface area (TPSA) is 38.9 Å². The van der Waals surface area contributed by atoms with E-state index in [2.05, 4.69) is 10.4 Å². The lowest BCUT2D eigenvalue weighted by molar-refractivity contribution is 0.276. The lowest BCUT2D eigenvalue weighted by atomic mass is 9.80. The molecule has 2 rings (SSSR count). The van der Waals surface area contributed by atoms with Gasteiger partial charge in [0.25, 0.3) is 0 Å². The van der Waals surface area contributed by atoms with Gasteiger partial charge in [0, 0.05) is 11.4 Å². The summed E-state index contributed by atoms with van der Waals surface area (Å²) in [6, 6.07) is 0.176. The Kier molecular flexibility index (Phi) is 2.65. The Labute approximate surface area is 83.2 Å². The Bertz CT molecular complexity index is 278. The number of aryl methyl sites for hydroxylation is 1. The third kappa shape index (κ3) is 2.09. The van der Waals surface area contributed by atoms with E-state index >= 15 is 0 Å². The summed E-state index contributed by atoms with van der Waals surface area (Å²) in [5, 5.41) is 3.22. The maximum Gasteiger partial charge on any atom is 0.0898 e. The largest absolute Gasteiger partial charge is 0.323 e. The Morgan fingerprint density at radius 3 is 2.92 bits per heavy atom. The second-order valence-corrected chi connectivity index (χ2v) is 4.99. The van der Waals surface area contributed by atoms with Gasteiger partial charge in [-0.2, -0.15) is 0 Å². The van der Waals surface area contributed by atoms with Gasteiger partial charge in [-0.3, -0.25) is 0 Å². The molecule has 0 spiro atoms. The summed E-state index contributed by atoms with van der Waals surface area (Å²) in [5.74, 6) is 0.872. The smallest absolute Gasteiger partial charge is 0.0898 e. The molecule has 72 valence electrons. The van der Waals surface area contributed by atoms with Gasteiger partial charge < -0.3 is 5.73 Å². The van der Waals surface area contributed by atoms with E-state index in [0.717, 1.165) is 23.0 Å². The summed E-state index contributed by atoms with van der Waals surface area (Å²) >= 11 is 1.69. The van der Waals surface area contributed by atoms with Crippen LogP contribution in [0.1, 0.15) is 42.4 Å². The standard InChI is InChI=1S/C10H16N2S/c1-7-12-10(6-13-7)9(11)5-8-3-2-4-8/h6,8-9H,2-5,11H2,1H3. The maximum absolute atomic E-state index is 6.06. The van der Waals surface area contributed by atoms with Gasteiger partial charge >= 0.3 is 0 Å². The first-order chi connectivity index (χ1) is 6.25. The third-order valence-electron chi connectivity index (χ3n) is 2.83. The fourth-order valence-corrected chi connectivity index (χ4v) is 2.44. The fraction of sp³-hybridized carbons (Fsp3) is 0.700. The van der Waals surface area contributed by atoms with Crippen LogP contribution in [0.25, 0.3) is 0 Å². The van der Waals surface area contributed by atoms with Gasteiger partial charge in [-0.05, 0) is 19.3 Å². The second kappa shape index (κ2) is 3.76. The minimum Gasteiger partial charge on any atom is -0.323 e. The van der Waals surface area contributed by atoms with E-state index in [1.807, 2.05) is 6.92 Å². The van der Waals surface area contributed by atoms with E-state index in [-0.39, 0.29) is 6.04 Å². The van der Waals surface area contributed by atoms with Crippen molar-refractivity contribution in [3.8, 4) is 0 Å². The van der Waals surface area contributed by atoms with Crippen LogP contribution in [0.5, 0.6) is 0 Å². The molecule has 0 aliphatic heterocycles. The number of hydrogen-bond acceptors (Lipinski definition) is 3. The predicted octanol–water partition coefficient (Wildman–Crippen LogP) is 2.64. The number of thiazole rings is 1. The molecule has 1 atom stereocenters. The number of nitrogens with zero attached hydrogens (tertiary/aromatic N) is 1. The Balaban J connectivity index is 1.92. The molecule has 1 aromatic heterocycles. The van der Waals surface area contributed by atoms with Crippen LogP contribution in [0.2, 0.25) is 0 Å². The first-order valence-electron chi connectivity index (χ1n) is 4.93. The van der Waals surface area contributed by atoms with E-state index in [1.165, 1.54) is 19.3 Å². The molecule has 0 radical (unpaired) electrons. The zero-order chi connectivity index (χ0) is 9.26. The van der Waals surface area contributed by atoms with Crippen molar-refractivity contribution in [2.75, 3.05) is 0 Å². The molecule has 1 aliphatic rings. The highest BCUT2D eigenvalue weighted by Crippen LogP contribution is 2.33. The third-order valence-corrected chi connectivity index (χ3v) is 3.62. The molecule has 13 heavy (non-hydrogen) atoms. The van der Waals surface area contributed by atoms with Crippen molar-refractivity contribution in [1.29, 1.82) is 0 Å². The normalized spacial score (nSPS) is 19.8. The predicted molar refractivity (Wildman–Crippen MR) is 55.7 cm³/mol. The van der Waals surface area contributed by atoms with Crippen LogP contribution < -0.4 is 5.73 Å². The van der Waals surface area contributed by atoms with Gasteiger partial charge in [0.1, 0.15) is 0 Å². The van der Waals surface area contributed by atoms with Crippen LogP contribution in [0, 0.1) is 12.8 Å². The monoisotopic (exact) mass is 196 g/mol. The van der Waals surface area contributed by atoms with Crippen LogP contribution in [-0.2, 0) is 0 Å². The van der Waals surface area contributed by atoms with E-state index in [4.69, 9.17) is 5.73 Å². The van der Waals surface area contributed by atoms with Crippen molar-refractivity contribution in [1.82, 2.24) is 4.98 Å². The van der Waals surface area contributed by atoms with Gasteiger partial charge in [-0.25, -0.2) is 4.98 Å². The molecule has 0 bridgehead atoms.